The van der Waals surface area contributed by atoms with Gasteiger partial charge in [-0.1, -0.05) is 15.9 Å². The van der Waals surface area contributed by atoms with Crippen LogP contribution < -0.4 is 10.6 Å². The molecule has 1 atom stereocenters. The molecule has 1 amide bonds. The Labute approximate surface area is 150 Å². The number of benzene rings is 1. The quantitative estimate of drug-likeness (QED) is 0.834. The Morgan fingerprint density at radius 2 is 2.13 bits per heavy atom. The number of carbonyl (C=O) groups excluding carboxylic acids is 1. The molecular weight excluding hydrogens is 380 g/mol. The van der Waals surface area contributed by atoms with Gasteiger partial charge in [0.25, 0.3) is 5.91 Å². The number of piperidine rings is 1. The summed E-state index contributed by atoms with van der Waals surface area (Å²) in [6, 6.07) is 8.07. The van der Waals surface area contributed by atoms with Crippen molar-refractivity contribution in [2.45, 2.75) is 25.8 Å². The maximum atomic E-state index is 12.4. The Morgan fingerprint density at radius 1 is 1.39 bits per heavy atom. The third-order valence-corrected chi connectivity index (χ3v) is 4.49. The lowest BCUT2D eigenvalue weighted by molar-refractivity contribution is 0.0930. The van der Waals surface area contributed by atoms with Gasteiger partial charge in [-0.15, -0.1) is 12.4 Å². The molecule has 2 heterocycles. The molecule has 124 valence electrons. The Balaban J connectivity index is 0.00000192. The van der Waals surface area contributed by atoms with Crippen molar-refractivity contribution in [3.05, 3.63) is 46.2 Å². The van der Waals surface area contributed by atoms with E-state index in [2.05, 4.69) is 31.7 Å². The van der Waals surface area contributed by atoms with Gasteiger partial charge in [-0.2, -0.15) is 5.10 Å². The van der Waals surface area contributed by atoms with Crippen molar-refractivity contribution in [3.63, 3.8) is 0 Å². The minimum Gasteiger partial charge on any atom is -0.348 e. The second-order valence-corrected chi connectivity index (χ2v) is 6.46. The molecule has 0 saturated carbocycles. The fourth-order valence-electron chi connectivity index (χ4n) is 2.71. The first-order valence-electron chi connectivity index (χ1n) is 7.47. The number of carbonyl (C=O) groups is 1. The largest absolute Gasteiger partial charge is 0.348 e. The molecule has 1 aliphatic heterocycles. The molecule has 3 rings (SSSR count). The highest BCUT2D eigenvalue weighted by molar-refractivity contribution is 9.10. The summed E-state index contributed by atoms with van der Waals surface area (Å²) in [6.45, 7) is 3.79. The Hall–Kier alpha value is -1.37. The van der Waals surface area contributed by atoms with Crippen LogP contribution in [0.5, 0.6) is 0 Å². The second kappa shape index (κ2) is 7.95. The van der Waals surface area contributed by atoms with E-state index >= 15 is 0 Å². The maximum absolute atomic E-state index is 12.4. The summed E-state index contributed by atoms with van der Waals surface area (Å²) in [7, 11) is 0. The third-order valence-electron chi connectivity index (χ3n) is 3.96. The highest BCUT2D eigenvalue weighted by Crippen LogP contribution is 2.17. The van der Waals surface area contributed by atoms with Gasteiger partial charge in [0.1, 0.15) is 0 Å². The first-order valence-corrected chi connectivity index (χ1v) is 8.26. The van der Waals surface area contributed by atoms with E-state index in [4.69, 9.17) is 0 Å². The third kappa shape index (κ3) is 4.13. The van der Waals surface area contributed by atoms with Crippen LogP contribution in [0.4, 0.5) is 0 Å². The zero-order valence-corrected chi connectivity index (χ0v) is 15.3. The molecule has 1 fully saturated rings. The number of halogens is 2. The fourth-order valence-corrected chi connectivity index (χ4v) is 2.98. The highest BCUT2D eigenvalue weighted by atomic mass is 79.9. The molecule has 0 aliphatic carbocycles. The van der Waals surface area contributed by atoms with E-state index in [1.807, 2.05) is 31.2 Å². The minimum atomic E-state index is -0.0467. The van der Waals surface area contributed by atoms with Crippen LogP contribution in [-0.4, -0.2) is 34.8 Å². The van der Waals surface area contributed by atoms with Crippen molar-refractivity contribution >= 4 is 34.2 Å². The summed E-state index contributed by atoms with van der Waals surface area (Å²) in [5, 5.41) is 10.7. The normalized spacial score (nSPS) is 17.4. The van der Waals surface area contributed by atoms with Crippen LogP contribution in [0.25, 0.3) is 5.69 Å². The van der Waals surface area contributed by atoms with E-state index in [0.717, 1.165) is 41.8 Å². The maximum Gasteiger partial charge on any atom is 0.255 e. The molecule has 5 nitrogen and oxygen atoms in total. The van der Waals surface area contributed by atoms with Gasteiger partial charge in [-0.25, -0.2) is 4.68 Å². The number of nitrogens with zero attached hydrogens (tertiary/aromatic N) is 2. The van der Waals surface area contributed by atoms with Crippen molar-refractivity contribution < 1.29 is 4.79 Å². The lowest BCUT2D eigenvalue weighted by Crippen LogP contribution is -2.45. The predicted molar refractivity (Wildman–Crippen MR) is 96.6 cm³/mol. The summed E-state index contributed by atoms with van der Waals surface area (Å²) in [4.78, 5) is 12.4. The molecule has 23 heavy (non-hydrogen) atoms. The number of hydrogen-bond acceptors (Lipinski definition) is 3. The van der Waals surface area contributed by atoms with E-state index in [-0.39, 0.29) is 24.4 Å². The number of hydrogen-bond donors (Lipinski definition) is 2. The van der Waals surface area contributed by atoms with Crippen molar-refractivity contribution in [1.29, 1.82) is 0 Å². The lowest BCUT2D eigenvalue weighted by atomic mass is 10.1. The molecule has 1 saturated heterocycles. The van der Waals surface area contributed by atoms with Gasteiger partial charge >= 0.3 is 0 Å². The molecule has 0 unspecified atom stereocenters. The van der Waals surface area contributed by atoms with Crippen molar-refractivity contribution in [1.82, 2.24) is 20.4 Å². The van der Waals surface area contributed by atoms with Gasteiger partial charge in [0, 0.05) is 17.1 Å². The summed E-state index contributed by atoms with van der Waals surface area (Å²) in [6.07, 6.45) is 3.77. The van der Waals surface area contributed by atoms with E-state index in [1.54, 1.807) is 10.9 Å². The predicted octanol–water partition coefficient (Wildman–Crippen LogP) is 2.85. The van der Waals surface area contributed by atoms with Crippen LogP contribution >= 0.6 is 28.3 Å². The first-order chi connectivity index (χ1) is 10.6. The highest BCUT2D eigenvalue weighted by Gasteiger charge is 2.20. The Kier molecular flexibility index (Phi) is 6.21. The van der Waals surface area contributed by atoms with E-state index in [1.165, 1.54) is 0 Å². The summed E-state index contributed by atoms with van der Waals surface area (Å²) in [5.74, 6) is -0.0467. The Morgan fingerprint density at radius 3 is 2.78 bits per heavy atom. The molecule has 1 aliphatic rings. The van der Waals surface area contributed by atoms with Crippen LogP contribution in [0.2, 0.25) is 0 Å². The van der Waals surface area contributed by atoms with Crippen molar-refractivity contribution in [2.24, 2.45) is 0 Å². The standard InChI is InChI=1S/C16H19BrN4O.ClH/c1-11-15(16(22)20-13-3-2-8-18-9-13)10-19-21(11)14-6-4-12(17)5-7-14;/h4-7,10,13,18H,2-3,8-9H2,1H3,(H,20,22);1H/t13-;/m0./s1. The Bertz CT molecular complexity index is 665. The van der Waals surface area contributed by atoms with Gasteiger partial charge in [0.15, 0.2) is 0 Å². The molecule has 0 bridgehead atoms. The summed E-state index contributed by atoms with van der Waals surface area (Å²) < 4.78 is 2.81. The molecule has 2 N–H and O–H groups in total. The SMILES string of the molecule is Cc1c(C(=O)N[C@H]2CCCNC2)cnn1-c1ccc(Br)cc1.Cl. The van der Waals surface area contributed by atoms with Crippen LogP contribution in [0.15, 0.2) is 34.9 Å². The minimum absolute atomic E-state index is 0. The molecule has 1 aromatic heterocycles. The average molecular weight is 400 g/mol. The average Bonchev–Trinajstić information content (AvgIpc) is 2.91. The van der Waals surface area contributed by atoms with Crippen molar-refractivity contribution in [3.8, 4) is 5.69 Å². The molecule has 1 aromatic carbocycles. The molecule has 0 spiro atoms. The fraction of sp³-hybridized carbons (Fsp3) is 0.375. The molecule has 0 radical (unpaired) electrons. The van der Waals surface area contributed by atoms with E-state index in [0.29, 0.717) is 5.56 Å². The number of aromatic nitrogens is 2. The zero-order valence-electron chi connectivity index (χ0n) is 12.9. The zero-order chi connectivity index (χ0) is 15.5. The van der Waals surface area contributed by atoms with Gasteiger partial charge in [-0.05, 0) is 50.6 Å². The van der Waals surface area contributed by atoms with Crippen molar-refractivity contribution in [2.75, 3.05) is 13.1 Å². The molecule has 2 aromatic rings. The topological polar surface area (TPSA) is 59.0 Å². The van der Waals surface area contributed by atoms with Gasteiger partial charge in [0.2, 0.25) is 0 Å². The first kappa shape index (κ1) is 18.0. The van der Waals surface area contributed by atoms with Crippen LogP contribution in [0.3, 0.4) is 0 Å². The number of rotatable bonds is 3. The summed E-state index contributed by atoms with van der Waals surface area (Å²) in [5.41, 5.74) is 2.43. The summed E-state index contributed by atoms with van der Waals surface area (Å²) >= 11 is 3.42. The van der Waals surface area contributed by atoms with Crippen LogP contribution in [0, 0.1) is 6.92 Å². The van der Waals surface area contributed by atoms with E-state index in [9.17, 15) is 4.79 Å². The second-order valence-electron chi connectivity index (χ2n) is 5.55. The number of amides is 1. The van der Waals surface area contributed by atoms with Crippen LogP contribution in [0.1, 0.15) is 28.9 Å². The molecule has 7 heteroatoms. The lowest BCUT2D eigenvalue weighted by Gasteiger charge is -2.23. The van der Waals surface area contributed by atoms with Gasteiger partial charge in [-0.3, -0.25) is 4.79 Å². The monoisotopic (exact) mass is 398 g/mol. The number of nitrogens with one attached hydrogen (secondary N) is 2. The molecular formula is C16H20BrClN4O. The van der Waals surface area contributed by atoms with Gasteiger partial charge < -0.3 is 10.6 Å². The smallest absolute Gasteiger partial charge is 0.255 e. The van der Waals surface area contributed by atoms with Gasteiger partial charge in [0.05, 0.1) is 23.1 Å². The van der Waals surface area contributed by atoms with Crippen LogP contribution in [-0.2, 0) is 0 Å². The van der Waals surface area contributed by atoms with E-state index < -0.39 is 0 Å².